The summed E-state index contributed by atoms with van der Waals surface area (Å²) >= 11 is 0. The first-order valence-electron chi connectivity index (χ1n) is 5.53. The van der Waals surface area contributed by atoms with Gasteiger partial charge in [-0.05, 0) is 18.2 Å². The Hall–Kier alpha value is -2.54. The van der Waals surface area contributed by atoms with E-state index in [1.807, 2.05) is 50.5 Å². The second kappa shape index (κ2) is 4.76. The van der Waals surface area contributed by atoms with Crippen LogP contribution in [0.5, 0.6) is 0 Å². The van der Waals surface area contributed by atoms with E-state index in [2.05, 4.69) is 0 Å². The van der Waals surface area contributed by atoms with Gasteiger partial charge in [0.15, 0.2) is 0 Å². The molecular weight excluding hydrogens is 226 g/mol. The van der Waals surface area contributed by atoms with Gasteiger partial charge in [-0.3, -0.25) is 9.36 Å². The molecule has 2 aromatic rings. The lowest BCUT2D eigenvalue weighted by Gasteiger charge is -2.15. The Kier molecular flexibility index (Phi) is 3.16. The number of nitriles is 1. The van der Waals surface area contributed by atoms with Gasteiger partial charge in [-0.1, -0.05) is 18.2 Å². The van der Waals surface area contributed by atoms with Crippen LogP contribution in [0, 0.1) is 11.3 Å². The predicted octanol–water partition coefficient (Wildman–Crippen LogP) is 1.78. The van der Waals surface area contributed by atoms with E-state index in [1.165, 1.54) is 4.57 Å². The Morgan fingerprint density at radius 2 is 1.83 bits per heavy atom. The molecule has 90 valence electrons. The van der Waals surface area contributed by atoms with Crippen molar-refractivity contribution in [2.75, 3.05) is 19.0 Å². The molecule has 1 aromatic heterocycles. The fourth-order valence-corrected chi connectivity index (χ4v) is 1.80. The van der Waals surface area contributed by atoms with Gasteiger partial charge < -0.3 is 4.90 Å². The highest BCUT2D eigenvalue weighted by Crippen LogP contribution is 2.15. The topological polar surface area (TPSA) is 49.0 Å². The van der Waals surface area contributed by atoms with Crippen LogP contribution in [0.3, 0.4) is 0 Å². The quantitative estimate of drug-likeness (QED) is 0.802. The fraction of sp³-hybridized carbons (Fsp3) is 0.143. The lowest BCUT2D eigenvalue weighted by Crippen LogP contribution is -2.24. The Labute approximate surface area is 105 Å². The van der Waals surface area contributed by atoms with Crippen LogP contribution in [0.1, 0.15) is 5.56 Å². The van der Waals surface area contributed by atoms with Crippen molar-refractivity contribution >= 4 is 5.69 Å². The zero-order valence-electron chi connectivity index (χ0n) is 10.3. The van der Waals surface area contributed by atoms with Crippen LogP contribution in [-0.4, -0.2) is 18.7 Å². The zero-order chi connectivity index (χ0) is 13.1. The van der Waals surface area contributed by atoms with Crippen molar-refractivity contribution in [2.45, 2.75) is 0 Å². The van der Waals surface area contributed by atoms with E-state index in [1.54, 1.807) is 17.2 Å². The Morgan fingerprint density at radius 3 is 2.39 bits per heavy atom. The summed E-state index contributed by atoms with van der Waals surface area (Å²) < 4.78 is 1.48. The van der Waals surface area contributed by atoms with Gasteiger partial charge in [0, 0.05) is 26.0 Å². The number of nitrogens with zero attached hydrogens (tertiary/aromatic N) is 3. The molecule has 0 radical (unpaired) electrons. The predicted molar refractivity (Wildman–Crippen MR) is 71.1 cm³/mol. The number of anilines is 1. The summed E-state index contributed by atoms with van der Waals surface area (Å²) in [7, 11) is 3.62. The van der Waals surface area contributed by atoms with E-state index in [-0.39, 0.29) is 11.1 Å². The Balaban J connectivity index is 2.68. The molecule has 18 heavy (non-hydrogen) atoms. The van der Waals surface area contributed by atoms with Gasteiger partial charge in [0.25, 0.3) is 5.56 Å². The molecule has 0 aliphatic heterocycles. The average molecular weight is 239 g/mol. The zero-order valence-corrected chi connectivity index (χ0v) is 10.3. The highest BCUT2D eigenvalue weighted by Gasteiger charge is 2.11. The molecule has 0 aliphatic carbocycles. The molecule has 1 heterocycles. The van der Waals surface area contributed by atoms with Crippen LogP contribution in [0.2, 0.25) is 0 Å². The lowest BCUT2D eigenvalue weighted by molar-refractivity contribution is 0.969. The van der Waals surface area contributed by atoms with Crippen molar-refractivity contribution in [2.24, 2.45) is 0 Å². The van der Waals surface area contributed by atoms with Crippen molar-refractivity contribution < 1.29 is 0 Å². The van der Waals surface area contributed by atoms with Crippen molar-refractivity contribution in [3.8, 4) is 11.8 Å². The molecular formula is C14H13N3O. The molecule has 0 aliphatic rings. The summed E-state index contributed by atoms with van der Waals surface area (Å²) in [6, 6.07) is 13.0. The number of rotatable bonds is 2. The van der Waals surface area contributed by atoms with Crippen LogP contribution >= 0.6 is 0 Å². The molecule has 0 saturated carbocycles. The summed E-state index contributed by atoms with van der Waals surface area (Å²) in [5, 5.41) is 9.13. The Morgan fingerprint density at radius 1 is 1.17 bits per heavy atom. The highest BCUT2D eigenvalue weighted by atomic mass is 16.1. The molecule has 0 unspecified atom stereocenters. The molecule has 0 N–H and O–H groups in total. The number of benzene rings is 1. The maximum Gasteiger partial charge on any atom is 0.275 e. The third-order valence-corrected chi connectivity index (χ3v) is 2.70. The maximum atomic E-state index is 12.2. The van der Waals surface area contributed by atoms with Gasteiger partial charge in [0.05, 0.1) is 5.69 Å². The minimum absolute atomic E-state index is 0.159. The first-order chi connectivity index (χ1) is 8.65. The Bertz CT molecular complexity index is 651. The molecule has 4 nitrogen and oxygen atoms in total. The molecule has 1 aromatic carbocycles. The van der Waals surface area contributed by atoms with Gasteiger partial charge in [0.1, 0.15) is 11.6 Å². The summed E-state index contributed by atoms with van der Waals surface area (Å²) in [6.07, 6.45) is 1.69. The number of hydrogen-bond acceptors (Lipinski definition) is 3. The van der Waals surface area contributed by atoms with Crippen LogP contribution in [0.4, 0.5) is 5.69 Å². The molecule has 0 bridgehead atoms. The first-order valence-corrected chi connectivity index (χ1v) is 5.53. The average Bonchev–Trinajstić information content (AvgIpc) is 2.39. The van der Waals surface area contributed by atoms with E-state index in [0.29, 0.717) is 5.69 Å². The third-order valence-electron chi connectivity index (χ3n) is 2.70. The number of pyridine rings is 1. The second-order valence-electron chi connectivity index (χ2n) is 4.09. The molecule has 2 rings (SSSR count). The van der Waals surface area contributed by atoms with Gasteiger partial charge in [-0.2, -0.15) is 5.26 Å². The van der Waals surface area contributed by atoms with Crippen molar-refractivity contribution in [3.05, 3.63) is 58.5 Å². The molecule has 4 heteroatoms. The first kappa shape index (κ1) is 11.9. The molecule has 0 fully saturated rings. The number of aromatic nitrogens is 1. The third kappa shape index (κ3) is 1.98. The van der Waals surface area contributed by atoms with Crippen LogP contribution in [0.15, 0.2) is 47.4 Å². The molecule has 0 saturated heterocycles. The van der Waals surface area contributed by atoms with E-state index >= 15 is 0 Å². The second-order valence-corrected chi connectivity index (χ2v) is 4.09. The minimum atomic E-state index is -0.296. The SMILES string of the molecule is CN(C)c1ccn(-c2ccccc2)c(=O)c1C#N. The van der Waals surface area contributed by atoms with E-state index < -0.39 is 0 Å². The summed E-state index contributed by atoms with van der Waals surface area (Å²) in [5.41, 5.74) is 1.25. The van der Waals surface area contributed by atoms with Crippen LogP contribution in [0.25, 0.3) is 5.69 Å². The highest BCUT2D eigenvalue weighted by molar-refractivity contribution is 5.58. The van der Waals surface area contributed by atoms with Gasteiger partial charge >= 0.3 is 0 Å². The summed E-state index contributed by atoms with van der Waals surface area (Å²) in [5.74, 6) is 0. The molecule has 0 spiro atoms. The minimum Gasteiger partial charge on any atom is -0.376 e. The maximum absolute atomic E-state index is 12.2. The van der Waals surface area contributed by atoms with Gasteiger partial charge in [-0.15, -0.1) is 0 Å². The smallest absolute Gasteiger partial charge is 0.275 e. The molecule has 0 amide bonds. The summed E-state index contributed by atoms with van der Waals surface area (Å²) in [6.45, 7) is 0. The van der Waals surface area contributed by atoms with Gasteiger partial charge in [-0.25, -0.2) is 0 Å². The van der Waals surface area contributed by atoms with Crippen LogP contribution < -0.4 is 10.5 Å². The van der Waals surface area contributed by atoms with Crippen molar-refractivity contribution in [1.29, 1.82) is 5.26 Å². The number of hydrogen-bond donors (Lipinski definition) is 0. The van der Waals surface area contributed by atoms with E-state index in [0.717, 1.165) is 5.69 Å². The summed E-state index contributed by atoms with van der Waals surface area (Å²) in [4.78, 5) is 14.0. The lowest BCUT2D eigenvalue weighted by atomic mass is 10.2. The van der Waals surface area contributed by atoms with Gasteiger partial charge in [0.2, 0.25) is 0 Å². The van der Waals surface area contributed by atoms with Crippen molar-refractivity contribution in [3.63, 3.8) is 0 Å². The van der Waals surface area contributed by atoms with E-state index in [4.69, 9.17) is 5.26 Å². The molecule has 0 atom stereocenters. The largest absolute Gasteiger partial charge is 0.376 e. The fourth-order valence-electron chi connectivity index (χ4n) is 1.80. The number of para-hydroxylation sites is 1. The van der Waals surface area contributed by atoms with Crippen molar-refractivity contribution in [1.82, 2.24) is 4.57 Å². The monoisotopic (exact) mass is 239 g/mol. The van der Waals surface area contributed by atoms with E-state index in [9.17, 15) is 4.79 Å². The normalized spacial score (nSPS) is 9.83. The van der Waals surface area contributed by atoms with Crippen LogP contribution in [-0.2, 0) is 0 Å². The standard InChI is InChI=1S/C14H13N3O/c1-16(2)13-8-9-17(14(18)12(13)10-15)11-6-4-3-5-7-11/h3-9H,1-2H3.